The van der Waals surface area contributed by atoms with Crippen LogP contribution in [0.1, 0.15) is 25.3 Å². The predicted molar refractivity (Wildman–Crippen MR) is 57.9 cm³/mol. The molecule has 3 nitrogen and oxygen atoms in total. The van der Waals surface area contributed by atoms with Crippen LogP contribution in [0.15, 0.2) is 23.0 Å². The van der Waals surface area contributed by atoms with Crippen LogP contribution < -0.4 is 11.1 Å². The lowest BCUT2D eigenvalue weighted by Crippen LogP contribution is -2.27. The Balaban J connectivity index is 2.13. The molecule has 3 heteroatoms. The summed E-state index contributed by atoms with van der Waals surface area (Å²) in [5, 5.41) is 3.38. The van der Waals surface area contributed by atoms with E-state index in [0.29, 0.717) is 5.92 Å². The zero-order valence-corrected chi connectivity index (χ0v) is 8.83. The molecule has 14 heavy (non-hydrogen) atoms. The molecule has 1 rings (SSSR count). The summed E-state index contributed by atoms with van der Waals surface area (Å²) >= 11 is 0. The number of nitrogens with one attached hydrogen (secondary N) is 1. The maximum absolute atomic E-state index is 5.66. The van der Waals surface area contributed by atoms with Crippen molar-refractivity contribution in [3.63, 3.8) is 0 Å². The molecule has 80 valence electrons. The average molecular weight is 196 g/mol. The van der Waals surface area contributed by atoms with Gasteiger partial charge in [-0.3, -0.25) is 0 Å². The highest BCUT2D eigenvalue weighted by atomic mass is 16.3. The molecular formula is C11H20N2O. The first-order chi connectivity index (χ1) is 6.86. The normalized spacial score (nSPS) is 13.0. The minimum atomic E-state index is 0.604. The molecule has 0 amide bonds. The van der Waals surface area contributed by atoms with Gasteiger partial charge in [-0.1, -0.05) is 13.3 Å². The average Bonchev–Trinajstić information content (AvgIpc) is 2.69. The Morgan fingerprint density at radius 1 is 1.57 bits per heavy atom. The summed E-state index contributed by atoms with van der Waals surface area (Å²) in [6, 6.07) is 1.98. The molecule has 0 aliphatic carbocycles. The number of hydrogen-bond donors (Lipinski definition) is 2. The first-order valence-corrected chi connectivity index (χ1v) is 5.28. The summed E-state index contributed by atoms with van der Waals surface area (Å²) < 4.78 is 4.98. The predicted octanol–water partition coefficient (Wildman–Crippen LogP) is 1.74. The van der Waals surface area contributed by atoms with Gasteiger partial charge in [0.25, 0.3) is 0 Å². The van der Waals surface area contributed by atoms with Crippen LogP contribution >= 0.6 is 0 Å². The van der Waals surface area contributed by atoms with Gasteiger partial charge in [0.2, 0.25) is 0 Å². The lowest BCUT2D eigenvalue weighted by atomic mass is 10.0. The van der Waals surface area contributed by atoms with Crippen molar-refractivity contribution in [1.82, 2.24) is 5.32 Å². The molecule has 1 aromatic rings. The highest BCUT2D eigenvalue weighted by Crippen LogP contribution is 2.04. The molecule has 1 aromatic heterocycles. The highest BCUT2D eigenvalue weighted by molar-refractivity contribution is 5.04. The molecule has 3 N–H and O–H groups in total. The molecule has 0 bridgehead atoms. The summed E-state index contributed by atoms with van der Waals surface area (Å²) in [6.07, 6.45) is 5.87. The first-order valence-electron chi connectivity index (χ1n) is 5.28. The lowest BCUT2D eigenvalue weighted by Gasteiger charge is -2.13. The Morgan fingerprint density at radius 2 is 2.43 bits per heavy atom. The smallest absolute Gasteiger partial charge is 0.0947 e. The van der Waals surface area contributed by atoms with E-state index in [-0.39, 0.29) is 0 Å². The first kappa shape index (κ1) is 11.3. The van der Waals surface area contributed by atoms with Crippen LogP contribution in [0.2, 0.25) is 0 Å². The van der Waals surface area contributed by atoms with Crippen molar-refractivity contribution >= 4 is 0 Å². The summed E-state index contributed by atoms with van der Waals surface area (Å²) in [7, 11) is 0. The number of hydrogen-bond acceptors (Lipinski definition) is 3. The van der Waals surface area contributed by atoms with Crippen molar-refractivity contribution in [3.8, 4) is 0 Å². The molecular weight excluding hydrogens is 176 g/mol. The standard InChI is InChI=1S/C11H20N2O/c1-2-3-10(6-12)7-13-8-11-4-5-14-9-11/h4-5,9-10,13H,2-3,6-8,12H2,1H3. The van der Waals surface area contributed by atoms with Gasteiger partial charge in [-0.15, -0.1) is 0 Å². The van der Waals surface area contributed by atoms with Gasteiger partial charge < -0.3 is 15.5 Å². The fourth-order valence-corrected chi connectivity index (χ4v) is 1.53. The molecule has 0 aliphatic heterocycles. The fraction of sp³-hybridized carbons (Fsp3) is 0.636. The molecule has 1 unspecified atom stereocenters. The van der Waals surface area contributed by atoms with Crippen LogP contribution in [-0.4, -0.2) is 13.1 Å². The van der Waals surface area contributed by atoms with Gasteiger partial charge in [0.15, 0.2) is 0 Å². The molecule has 0 radical (unpaired) electrons. The van der Waals surface area contributed by atoms with Gasteiger partial charge in [0, 0.05) is 12.1 Å². The van der Waals surface area contributed by atoms with Gasteiger partial charge in [-0.25, -0.2) is 0 Å². The second-order valence-electron chi connectivity index (χ2n) is 3.65. The Bertz CT molecular complexity index is 221. The van der Waals surface area contributed by atoms with Crippen molar-refractivity contribution in [3.05, 3.63) is 24.2 Å². The second-order valence-corrected chi connectivity index (χ2v) is 3.65. The maximum atomic E-state index is 5.66. The summed E-state index contributed by atoms with van der Waals surface area (Å²) in [6.45, 7) is 4.83. The Morgan fingerprint density at radius 3 is 3.00 bits per heavy atom. The third kappa shape index (κ3) is 3.94. The monoisotopic (exact) mass is 196 g/mol. The lowest BCUT2D eigenvalue weighted by molar-refractivity contribution is 0.448. The number of furan rings is 1. The molecule has 1 atom stereocenters. The van der Waals surface area contributed by atoms with E-state index in [1.54, 1.807) is 12.5 Å². The van der Waals surface area contributed by atoms with Gasteiger partial charge >= 0.3 is 0 Å². The van der Waals surface area contributed by atoms with Crippen LogP contribution in [0.4, 0.5) is 0 Å². The molecule has 1 heterocycles. The number of rotatable bonds is 7. The largest absolute Gasteiger partial charge is 0.472 e. The van der Waals surface area contributed by atoms with Crippen molar-refractivity contribution in [2.45, 2.75) is 26.3 Å². The van der Waals surface area contributed by atoms with E-state index in [1.165, 1.54) is 18.4 Å². The summed E-state index contributed by atoms with van der Waals surface area (Å²) in [5.74, 6) is 0.604. The van der Waals surface area contributed by atoms with Crippen molar-refractivity contribution in [2.75, 3.05) is 13.1 Å². The van der Waals surface area contributed by atoms with Gasteiger partial charge in [-0.05, 0) is 31.5 Å². The van der Waals surface area contributed by atoms with E-state index in [1.807, 2.05) is 6.07 Å². The highest BCUT2D eigenvalue weighted by Gasteiger charge is 2.04. The molecule has 0 spiro atoms. The van der Waals surface area contributed by atoms with Gasteiger partial charge in [-0.2, -0.15) is 0 Å². The topological polar surface area (TPSA) is 51.2 Å². The van der Waals surface area contributed by atoms with Crippen LogP contribution in [0.25, 0.3) is 0 Å². The van der Waals surface area contributed by atoms with Crippen molar-refractivity contribution < 1.29 is 4.42 Å². The van der Waals surface area contributed by atoms with E-state index in [4.69, 9.17) is 10.2 Å². The maximum Gasteiger partial charge on any atom is 0.0947 e. The zero-order valence-electron chi connectivity index (χ0n) is 8.83. The summed E-state index contributed by atoms with van der Waals surface area (Å²) in [5.41, 5.74) is 6.85. The van der Waals surface area contributed by atoms with E-state index >= 15 is 0 Å². The Labute approximate surface area is 85.7 Å². The molecule has 0 saturated heterocycles. The molecule has 0 aromatic carbocycles. The third-order valence-electron chi connectivity index (χ3n) is 2.37. The molecule has 0 fully saturated rings. The third-order valence-corrected chi connectivity index (χ3v) is 2.37. The van der Waals surface area contributed by atoms with E-state index in [0.717, 1.165) is 19.6 Å². The van der Waals surface area contributed by atoms with E-state index in [2.05, 4.69) is 12.2 Å². The molecule has 0 aliphatic rings. The fourth-order valence-electron chi connectivity index (χ4n) is 1.53. The van der Waals surface area contributed by atoms with E-state index < -0.39 is 0 Å². The van der Waals surface area contributed by atoms with Crippen LogP contribution in [0, 0.1) is 5.92 Å². The second kappa shape index (κ2) is 6.62. The van der Waals surface area contributed by atoms with Crippen LogP contribution in [0.5, 0.6) is 0 Å². The Hall–Kier alpha value is -0.800. The van der Waals surface area contributed by atoms with Crippen molar-refractivity contribution in [2.24, 2.45) is 11.7 Å². The minimum absolute atomic E-state index is 0.604. The molecule has 0 saturated carbocycles. The quantitative estimate of drug-likeness (QED) is 0.698. The zero-order chi connectivity index (χ0) is 10.2. The van der Waals surface area contributed by atoms with Gasteiger partial charge in [0.1, 0.15) is 0 Å². The van der Waals surface area contributed by atoms with Crippen LogP contribution in [-0.2, 0) is 6.54 Å². The van der Waals surface area contributed by atoms with Crippen molar-refractivity contribution in [1.29, 1.82) is 0 Å². The SMILES string of the molecule is CCCC(CN)CNCc1ccoc1. The number of nitrogens with two attached hydrogens (primary N) is 1. The van der Waals surface area contributed by atoms with E-state index in [9.17, 15) is 0 Å². The van der Waals surface area contributed by atoms with Gasteiger partial charge in [0.05, 0.1) is 12.5 Å². The Kier molecular flexibility index (Phi) is 5.33. The minimum Gasteiger partial charge on any atom is -0.472 e. The summed E-state index contributed by atoms with van der Waals surface area (Å²) in [4.78, 5) is 0. The van der Waals surface area contributed by atoms with Crippen LogP contribution in [0.3, 0.4) is 0 Å².